The molecule has 1 aliphatic rings. The van der Waals surface area contributed by atoms with E-state index in [1.54, 1.807) is 0 Å². The average molecular weight is 254 g/mol. The Morgan fingerprint density at radius 3 is 2.26 bits per heavy atom. The first-order valence-corrected chi connectivity index (χ1v) is 6.70. The molecule has 19 heavy (non-hydrogen) atoms. The number of para-hydroxylation sites is 2. The summed E-state index contributed by atoms with van der Waals surface area (Å²) < 4.78 is 5.78. The zero-order chi connectivity index (χ0) is 13.1. The summed E-state index contributed by atoms with van der Waals surface area (Å²) in [5.74, 6) is 1.53. The highest BCUT2D eigenvalue weighted by molar-refractivity contribution is 5.55. The van der Waals surface area contributed by atoms with E-state index in [9.17, 15) is 0 Å². The van der Waals surface area contributed by atoms with Crippen LogP contribution in [0.4, 0.5) is 11.4 Å². The number of hydrogen-bond donors (Lipinski definition) is 1. The smallest absolute Gasteiger partial charge is 0.150 e. The summed E-state index contributed by atoms with van der Waals surface area (Å²) in [4.78, 5) is 2.40. The summed E-state index contributed by atoms with van der Waals surface area (Å²) in [7, 11) is 0. The predicted octanol–water partition coefficient (Wildman–Crippen LogP) is 3.66. The summed E-state index contributed by atoms with van der Waals surface area (Å²) in [6.07, 6.45) is 2.58. The minimum absolute atomic E-state index is 0.658. The maximum atomic E-state index is 5.86. The highest BCUT2D eigenvalue weighted by Gasteiger charge is 2.12. The van der Waals surface area contributed by atoms with Gasteiger partial charge in [-0.15, -0.1) is 0 Å². The Morgan fingerprint density at radius 1 is 0.895 bits per heavy atom. The van der Waals surface area contributed by atoms with Crippen molar-refractivity contribution in [2.75, 3.05) is 23.7 Å². The van der Waals surface area contributed by atoms with E-state index in [1.165, 1.54) is 18.5 Å². The van der Waals surface area contributed by atoms with E-state index in [0.29, 0.717) is 11.4 Å². The summed E-state index contributed by atoms with van der Waals surface area (Å²) in [5, 5.41) is 0. The molecular formula is C16H18N2O. The Morgan fingerprint density at radius 2 is 1.58 bits per heavy atom. The molecule has 0 radical (unpaired) electrons. The number of nitrogens with zero attached hydrogens (tertiary/aromatic N) is 1. The molecule has 1 fully saturated rings. The number of hydrogen-bond acceptors (Lipinski definition) is 3. The first-order chi connectivity index (χ1) is 9.33. The lowest BCUT2D eigenvalue weighted by atomic mass is 10.2. The van der Waals surface area contributed by atoms with Crippen molar-refractivity contribution in [3.63, 3.8) is 0 Å². The van der Waals surface area contributed by atoms with E-state index in [1.807, 2.05) is 36.4 Å². The highest BCUT2D eigenvalue weighted by Crippen LogP contribution is 2.29. The molecule has 1 heterocycles. The molecule has 0 atom stereocenters. The average Bonchev–Trinajstić information content (AvgIpc) is 2.96. The number of anilines is 2. The highest BCUT2D eigenvalue weighted by atomic mass is 16.5. The zero-order valence-electron chi connectivity index (χ0n) is 10.9. The van der Waals surface area contributed by atoms with E-state index in [2.05, 4.69) is 17.0 Å². The van der Waals surface area contributed by atoms with Crippen molar-refractivity contribution in [1.82, 2.24) is 0 Å². The summed E-state index contributed by atoms with van der Waals surface area (Å²) in [5.41, 5.74) is 7.79. The van der Waals surface area contributed by atoms with E-state index in [-0.39, 0.29) is 0 Å². The van der Waals surface area contributed by atoms with Gasteiger partial charge in [0.2, 0.25) is 0 Å². The molecule has 0 spiro atoms. The van der Waals surface area contributed by atoms with Crippen LogP contribution in [-0.4, -0.2) is 13.1 Å². The third-order valence-corrected chi connectivity index (χ3v) is 3.45. The second-order valence-electron chi connectivity index (χ2n) is 4.83. The molecule has 0 saturated carbocycles. The van der Waals surface area contributed by atoms with Crippen LogP contribution < -0.4 is 15.4 Å². The van der Waals surface area contributed by atoms with Crippen LogP contribution in [0.1, 0.15) is 12.8 Å². The van der Waals surface area contributed by atoms with Gasteiger partial charge in [-0.2, -0.15) is 0 Å². The van der Waals surface area contributed by atoms with Crippen molar-refractivity contribution in [3.05, 3.63) is 48.5 Å². The van der Waals surface area contributed by atoms with Crippen molar-refractivity contribution in [1.29, 1.82) is 0 Å². The second kappa shape index (κ2) is 5.22. The molecule has 3 nitrogen and oxygen atoms in total. The van der Waals surface area contributed by atoms with Gasteiger partial charge in [-0.25, -0.2) is 0 Å². The number of nitrogens with two attached hydrogens (primary N) is 1. The van der Waals surface area contributed by atoms with Crippen LogP contribution in [0.15, 0.2) is 48.5 Å². The summed E-state index contributed by atoms with van der Waals surface area (Å²) >= 11 is 0. The monoisotopic (exact) mass is 254 g/mol. The zero-order valence-corrected chi connectivity index (χ0v) is 10.9. The van der Waals surface area contributed by atoms with E-state index in [4.69, 9.17) is 10.5 Å². The molecule has 0 bridgehead atoms. The molecule has 3 heteroatoms. The lowest BCUT2D eigenvalue weighted by Crippen LogP contribution is -2.17. The molecule has 2 aromatic carbocycles. The topological polar surface area (TPSA) is 38.5 Å². The normalized spacial score (nSPS) is 14.6. The summed E-state index contributed by atoms with van der Waals surface area (Å²) in [6, 6.07) is 15.8. The third kappa shape index (κ3) is 2.65. The van der Waals surface area contributed by atoms with Crippen LogP contribution in [0, 0.1) is 0 Å². The van der Waals surface area contributed by atoms with Gasteiger partial charge in [0.15, 0.2) is 0 Å². The Bertz CT molecular complexity index is 545. The van der Waals surface area contributed by atoms with Crippen LogP contribution in [-0.2, 0) is 0 Å². The van der Waals surface area contributed by atoms with Gasteiger partial charge in [-0.1, -0.05) is 12.1 Å². The van der Waals surface area contributed by atoms with E-state index >= 15 is 0 Å². The Balaban J connectivity index is 1.74. The predicted molar refractivity (Wildman–Crippen MR) is 78.8 cm³/mol. The fourth-order valence-corrected chi connectivity index (χ4v) is 2.40. The van der Waals surface area contributed by atoms with Gasteiger partial charge < -0.3 is 15.4 Å². The van der Waals surface area contributed by atoms with E-state index < -0.39 is 0 Å². The Labute approximate surface area is 113 Å². The molecule has 0 aliphatic carbocycles. The lowest BCUT2D eigenvalue weighted by Gasteiger charge is -2.17. The maximum Gasteiger partial charge on any atom is 0.150 e. The van der Waals surface area contributed by atoms with Crippen LogP contribution in [0.25, 0.3) is 0 Å². The maximum absolute atomic E-state index is 5.86. The van der Waals surface area contributed by atoms with Crippen LogP contribution >= 0.6 is 0 Å². The Hall–Kier alpha value is -2.16. The molecule has 0 aromatic heterocycles. The third-order valence-electron chi connectivity index (χ3n) is 3.45. The van der Waals surface area contributed by atoms with Crippen molar-refractivity contribution in [2.24, 2.45) is 0 Å². The molecule has 2 N–H and O–H groups in total. The molecule has 1 saturated heterocycles. The lowest BCUT2D eigenvalue weighted by molar-refractivity contribution is 0.485. The van der Waals surface area contributed by atoms with E-state index in [0.717, 1.165) is 18.8 Å². The summed E-state index contributed by atoms with van der Waals surface area (Å²) in [6.45, 7) is 2.32. The van der Waals surface area contributed by atoms with Crippen molar-refractivity contribution in [3.8, 4) is 11.5 Å². The van der Waals surface area contributed by atoms with Crippen molar-refractivity contribution >= 4 is 11.4 Å². The first kappa shape index (κ1) is 11.9. The van der Waals surface area contributed by atoms with Crippen LogP contribution in [0.5, 0.6) is 11.5 Å². The largest absolute Gasteiger partial charge is 0.455 e. The van der Waals surface area contributed by atoms with Crippen molar-refractivity contribution in [2.45, 2.75) is 12.8 Å². The number of benzene rings is 2. The van der Waals surface area contributed by atoms with Gasteiger partial charge in [-0.3, -0.25) is 0 Å². The molecule has 98 valence electrons. The van der Waals surface area contributed by atoms with Crippen LogP contribution in [0.3, 0.4) is 0 Å². The van der Waals surface area contributed by atoms with Gasteiger partial charge in [0.05, 0.1) is 5.69 Å². The molecule has 2 aromatic rings. The molecule has 0 unspecified atom stereocenters. The van der Waals surface area contributed by atoms with Gasteiger partial charge in [0.25, 0.3) is 0 Å². The Kier molecular flexibility index (Phi) is 3.27. The quantitative estimate of drug-likeness (QED) is 0.849. The number of ether oxygens (including phenoxy) is 1. The molecular weight excluding hydrogens is 236 g/mol. The molecule has 0 amide bonds. The van der Waals surface area contributed by atoms with Gasteiger partial charge in [0, 0.05) is 18.8 Å². The standard InChI is InChI=1S/C16H18N2O/c17-15-5-1-2-6-16(15)19-14-9-7-13(8-10-14)18-11-3-4-12-18/h1-2,5-10H,3-4,11-12,17H2. The van der Waals surface area contributed by atoms with Gasteiger partial charge in [0.1, 0.15) is 11.5 Å². The fraction of sp³-hybridized carbons (Fsp3) is 0.250. The first-order valence-electron chi connectivity index (χ1n) is 6.70. The number of nitrogen functional groups attached to an aromatic ring is 1. The van der Waals surface area contributed by atoms with Crippen LogP contribution in [0.2, 0.25) is 0 Å². The minimum atomic E-state index is 0.658. The SMILES string of the molecule is Nc1ccccc1Oc1ccc(N2CCCC2)cc1. The van der Waals surface area contributed by atoms with Gasteiger partial charge >= 0.3 is 0 Å². The van der Waals surface area contributed by atoms with Gasteiger partial charge in [-0.05, 0) is 49.2 Å². The molecule has 3 rings (SSSR count). The second-order valence-corrected chi connectivity index (χ2v) is 4.83. The molecule has 1 aliphatic heterocycles. The fourth-order valence-electron chi connectivity index (χ4n) is 2.40. The van der Waals surface area contributed by atoms with Crippen molar-refractivity contribution < 1.29 is 4.74 Å². The number of rotatable bonds is 3. The minimum Gasteiger partial charge on any atom is -0.455 e.